The molecule has 2 unspecified atom stereocenters. The lowest BCUT2D eigenvalue weighted by atomic mass is 9.75. The molecular weight excluding hydrogens is 331 g/mol. The number of rotatable bonds is 7. The van der Waals surface area contributed by atoms with Gasteiger partial charge in [0.15, 0.2) is 0 Å². The second-order valence-corrected chi connectivity index (χ2v) is 6.30. The van der Waals surface area contributed by atoms with E-state index < -0.39 is 30.8 Å². The Hall–Kier alpha value is -2.64. The number of hydrogen-bond donors (Lipinski definition) is 4. The van der Waals surface area contributed by atoms with Gasteiger partial charge in [-0.25, -0.2) is 0 Å². The predicted octanol–water partition coefficient (Wildman–Crippen LogP) is 1.31. The Morgan fingerprint density at radius 3 is 2.19 bits per heavy atom. The summed E-state index contributed by atoms with van der Waals surface area (Å²) in [6.07, 6.45) is 0.247. The first kappa shape index (κ1) is 19.7. The molecule has 2 atom stereocenters. The number of aryl methyl sites for hydroxylation is 1. The van der Waals surface area contributed by atoms with Crippen molar-refractivity contribution in [3.63, 3.8) is 0 Å². The molecule has 2 aromatic rings. The van der Waals surface area contributed by atoms with Crippen molar-refractivity contribution in [3.05, 3.63) is 65.7 Å². The van der Waals surface area contributed by atoms with Crippen LogP contribution in [0.15, 0.2) is 54.6 Å². The lowest BCUT2D eigenvalue weighted by Gasteiger charge is -2.20. The predicted molar refractivity (Wildman–Crippen MR) is 101 cm³/mol. The molecule has 0 bridgehead atoms. The summed E-state index contributed by atoms with van der Waals surface area (Å²) in [5, 5.41) is 24.3. The van der Waals surface area contributed by atoms with Crippen molar-refractivity contribution in [2.24, 2.45) is 5.92 Å². The van der Waals surface area contributed by atoms with E-state index >= 15 is 0 Å². The molecule has 0 aromatic heterocycles. The van der Waals surface area contributed by atoms with Crippen LogP contribution in [0, 0.1) is 12.8 Å². The summed E-state index contributed by atoms with van der Waals surface area (Å²) >= 11 is 0. The Labute approximate surface area is 153 Å². The number of nitrogens with one attached hydrogen (secondary N) is 2. The molecule has 0 heterocycles. The van der Waals surface area contributed by atoms with Crippen LogP contribution in [0.3, 0.4) is 0 Å². The average Bonchev–Trinajstić information content (AvgIpc) is 2.62. The minimum Gasteiger partial charge on any atom is -0.426 e. The Bertz CT molecular complexity index is 735. The standard InChI is InChI=1S/C19H23BN2O4/c1-13-8-10-15(11-9-13)12-17(20(25)26)22-19(24)14(2)18(23)21-16-6-4-3-5-7-16/h3-11,14,17,25-26H,12H2,1-2H3,(H,21,23)(H,22,24). The molecule has 0 saturated carbocycles. The summed E-state index contributed by atoms with van der Waals surface area (Å²) in [7, 11) is -1.73. The molecule has 4 N–H and O–H groups in total. The molecular formula is C19H23BN2O4. The van der Waals surface area contributed by atoms with E-state index in [2.05, 4.69) is 10.6 Å². The average molecular weight is 354 g/mol. The normalized spacial score (nSPS) is 12.8. The van der Waals surface area contributed by atoms with E-state index in [4.69, 9.17) is 0 Å². The van der Waals surface area contributed by atoms with Crippen LogP contribution in [0.5, 0.6) is 0 Å². The number of para-hydroxylation sites is 1. The molecule has 2 amide bonds. The number of benzene rings is 2. The summed E-state index contributed by atoms with van der Waals surface area (Å²) in [4.78, 5) is 24.5. The number of carbonyl (C=O) groups is 2. The summed E-state index contributed by atoms with van der Waals surface area (Å²) in [5.41, 5.74) is 2.54. The van der Waals surface area contributed by atoms with Crippen molar-refractivity contribution in [1.29, 1.82) is 0 Å². The number of carbonyl (C=O) groups excluding carboxylic acids is 2. The van der Waals surface area contributed by atoms with Crippen LogP contribution in [-0.4, -0.2) is 34.9 Å². The fourth-order valence-corrected chi connectivity index (χ4v) is 2.41. The molecule has 6 nitrogen and oxygen atoms in total. The lowest BCUT2D eigenvalue weighted by Crippen LogP contribution is -2.50. The van der Waals surface area contributed by atoms with Gasteiger partial charge in [0.05, 0.1) is 5.94 Å². The summed E-state index contributed by atoms with van der Waals surface area (Å²) in [5.74, 6) is -2.91. The van der Waals surface area contributed by atoms with Gasteiger partial charge in [-0.1, -0.05) is 48.0 Å². The monoisotopic (exact) mass is 354 g/mol. The summed E-state index contributed by atoms with van der Waals surface area (Å²) in [6.45, 7) is 3.43. The molecule has 2 rings (SSSR count). The molecule has 136 valence electrons. The smallest absolute Gasteiger partial charge is 0.426 e. The summed E-state index contributed by atoms with van der Waals surface area (Å²) < 4.78 is 0. The molecule has 2 aromatic carbocycles. The van der Waals surface area contributed by atoms with Crippen LogP contribution >= 0.6 is 0 Å². The maximum atomic E-state index is 12.3. The van der Waals surface area contributed by atoms with E-state index in [-0.39, 0.29) is 6.42 Å². The fraction of sp³-hybridized carbons (Fsp3) is 0.263. The second-order valence-electron chi connectivity index (χ2n) is 6.30. The molecule has 0 saturated heterocycles. The first-order valence-corrected chi connectivity index (χ1v) is 8.45. The minimum atomic E-state index is -1.73. The lowest BCUT2D eigenvalue weighted by molar-refractivity contribution is -0.132. The SMILES string of the molecule is Cc1ccc(CC(NC(=O)C(C)C(=O)Nc2ccccc2)B(O)O)cc1. The van der Waals surface area contributed by atoms with Gasteiger partial charge in [0.25, 0.3) is 0 Å². The number of amides is 2. The van der Waals surface area contributed by atoms with Gasteiger partial charge in [-0.2, -0.15) is 0 Å². The largest absolute Gasteiger partial charge is 0.475 e. The maximum absolute atomic E-state index is 12.3. The van der Waals surface area contributed by atoms with Crippen molar-refractivity contribution >= 4 is 24.6 Å². The molecule has 0 aliphatic rings. The first-order valence-electron chi connectivity index (χ1n) is 8.45. The van der Waals surface area contributed by atoms with E-state index in [1.54, 1.807) is 24.3 Å². The van der Waals surface area contributed by atoms with Gasteiger partial charge < -0.3 is 20.7 Å². The third-order valence-corrected chi connectivity index (χ3v) is 4.09. The molecule has 0 radical (unpaired) electrons. The van der Waals surface area contributed by atoms with Crippen LogP contribution in [0.4, 0.5) is 5.69 Å². The molecule has 0 spiro atoms. The summed E-state index contributed by atoms with van der Waals surface area (Å²) in [6, 6.07) is 16.4. The Kier molecular flexibility index (Phi) is 6.94. The zero-order chi connectivity index (χ0) is 19.1. The van der Waals surface area contributed by atoms with Crippen LogP contribution < -0.4 is 10.6 Å². The fourth-order valence-electron chi connectivity index (χ4n) is 2.41. The topological polar surface area (TPSA) is 98.7 Å². The van der Waals surface area contributed by atoms with Crippen molar-refractivity contribution in [3.8, 4) is 0 Å². The van der Waals surface area contributed by atoms with Crippen LogP contribution in [0.1, 0.15) is 18.1 Å². The third-order valence-electron chi connectivity index (χ3n) is 4.09. The Balaban J connectivity index is 1.97. The molecule has 0 aliphatic heterocycles. The van der Waals surface area contributed by atoms with Crippen LogP contribution in [0.25, 0.3) is 0 Å². The van der Waals surface area contributed by atoms with Crippen LogP contribution in [-0.2, 0) is 16.0 Å². The van der Waals surface area contributed by atoms with E-state index in [0.29, 0.717) is 5.69 Å². The van der Waals surface area contributed by atoms with Gasteiger partial charge in [0.2, 0.25) is 11.8 Å². The highest BCUT2D eigenvalue weighted by molar-refractivity contribution is 6.43. The van der Waals surface area contributed by atoms with E-state index in [0.717, 1.165) is 11.1 Å². The van der Waals surface area contributed by atoms with Crippen molar-refractivity contribution in [2.75, 3.05) is 5.32 Å². The highest BCUT2D eigenvalue weighted by Crippen LogP contribution is 2.10. The van der Waals surface area contributed by atoms with E-state index in [1.807, 2.05) is 37.3 Å². The second kappa shape index (κ2) is 9.17. The third kappa shape index (κ3) is 5.72. The first-order chi connectivity index (χ1) is 12.4. The van der Waals surface area contributed by atoms with Crippen molar-refractivity contribution in [1.82, 2.24) is 5.32 Å². The minimum absolute atomic E-state index is 0.247. The molecule has 7 heteroatoms. The van der Waals surface area contributed by atoms with Gasteiger partial charge in [-0.3, -0.25) is 9.59 Å². The Morgan fingerprint density at radius 2 is 1.62 bits per heavy atom. The van der Waals surface area contributed by atoms with Crippen molar-refractivity contribution in [2.45, 2.75) is 26.2 Å². The molecule has 0 fully saturated rings. The van der Waals surface area contributed by atoms with Gasteiger partial charge in [-0.05, 0) is 38.0 Å². The number of hydrogen-bond acceptors (Lipinski definition) is 4. The van der Waals surface area contributed by atoms with Gasteiger partial charge in [0.1, 0.15) is 5.92 Å². The highest BCUT2D eigenvalue weighted by atomic mass is 16.4. The van der Waals surface area contributed by atoms with Gasteiger partial charge in [-0.15, -0.1) is 0 Å². The van der Waals surface area contributed by atoms with Crippen molar-refractivity contribution < 1.29 is 19.6 Å². The van der Waals surface area contributed by atoms with E-state index in [1.165, 1.54) is 6.92 Å². The quantitative estimate of drug-likeness (QED) is 0.445. The van der Waals surface area contributed by atoms with Crippen LogP contribution in [0.2, 0.25) is 0 Å². The highest BCUT2D eigenvalue weighted by Gasteiger charge is 2.29. The maximum Gasteiger partial charge on any atom is 0.475 e. The number of anilines is 1. The molecule has 0 aliphatic carbocycles. The van der Waals surface area contributed by atoms with Gasteiger partial charge >= 0.3 is 7.12 Å². The molecule has 26 heavy (non-hydrogen) atoms. The van der Waals surface area contributed by atoms with E-state index in [9.17, 15) is 19.6 Å². The van der Waals surface area contributed by atoms with Gasteiger partial charge in [0, 0.05) is 5.69 Å². The Morgan fingerprint density at radius 1 is 1.00 bits per heavy atom. The zero-order valence-corrected chi connectivity index (χ0v) is 14.8. The zero-order valence-electron chi connectivity index (χ0n) is 14.8.